The quantitative estimate of drug-likeness (QED) is 0.795. The third-order valence-corrected chi connectivity index (χ3v) is 3.44. The number of carbonyl (C=O) groups excluding carboxylic acids is 2. The van der Waals surface area contributed by atoms with Crippen molar-refractivity contribution in [2.45, 2.75) is 33.2 Å². The molecule has 0 bridgehead atoms. The Hall–Kier alpha value is -2.37. The van der Waals surface area contributed by atoms with Crippen molar-refractivity contribution in [3.63, 3.8) is 0 Å². The summed E-state index contributed by atoms with van der Waals surface area (Å²) in [5.74, 6) is -1.63. The SMILES string of the molecule is CCc1ccccc1C(=O)N(CCNC(C)=O)C(C)C(=O)O. The molecule has 1 atom stereocenters. The maximum atomic E-state index is 12.7. The number of carboxylic acid groups (broad SMARTS) is 1. The van der Waals surface area contributed by atoms with E-state index in [1.807, 2.05) is 19.1 Å². The van der Waals surface area contributed by atoms with Crippen LogP contribution >= 0.6 is 0 Å². The lowest BCUT2D eigenvalue weighted by Gasteiger charge is -2.27. The second-order valence-corrected chi connectivity index (χ2v) is 5.01. The smallest absolute Gasteiger partial charge is 0.326 e. The first kappa shape index (κ1) is 17.7. The Labute approximate surface area is 130 Å². The average molecular weight is 306 g/mol. The minimum Gasteiger partial charge on any atom is -0.480 e. The van der Waals surface area contributed by atoms with Gasteiger partial charge in [0.1, 0.15) is 6.04 Å². The molecule has 0 aliphatic heterocycles. The van der Waals surface area contributed by atoms with Crippen LogP contribution < -0.4 is 5.32 Å². The van der Waals surface area contributed by atoms with Crippen LogP contribution in [-0.2, 0) is 16.0 Å². The summed E-state index contributed by atoms with van der Waals surface area (Å²) in [4.78, 5) is 36.2. The predicted octanol–water partition coefficient (Wildman–Crippen LogP) is 1.30. The largest absolute Gasteiger partial charge is 0.480 e. The first-order chi connectivity index (χ1) is 10.4. The Morgan fingerprint density at radius 2 is 1.91 bits per heavy atom. The number of amides is 2. The number of hydrogen-bond acceptors (Lipinski definition) is 3. The van der Waals surface area contributed by atoms with Crippen molar-refractivity contribution in [3.05, 3.63) is 35.4 Å². The molecule has 6 nitrogen and oxygen atoms in total. The number of hydrogen-bond donors (Lipinski definition) is 2. The fourth-order valence-corrected chi connectivity index (χ4v) is 2.15. The van der Waals surface area contributed by atoms with Crippen LogP contribution in [-0.4, -0.2) is 46.9 Å². The minimum absolute atomic E-state index is 0.143. The van der Waals surface area contributed by atoms with Gasteiger partial charge in [0, 0.05) is 25.6 Å². The summed E-state index contributed by atoms with van der Waals surface area (Å²) in [6, 6.07) is 6.18. The van der Waals surface area contributed by atoms with E-state index in [1.165, 1.54) is 18.7 Å². The second kappa shape index (κ2) is 8.17. The molecule has 0 saturated carbocycles. The first-order valence-electron chi connectivity index (χ1n) is 7.24. The van der Waals surface area contributed by atoms with E-state index in [2.05, 4.69) is 5.32 Å². The van der Waals surface area contributed by atoms with Crippen molar-refractivity contribution < 1.29 is 19.5 Å². The minimum atomic E-state index is -1.08. The molecule has 0 saturated heterocycles. The van der Waals surface area contributed by atoms with Crippen molar-refractivity contribution >= 4 is 17.8 Å². The molecule has 0 aliphatic carbocycles. The zero-order valence-corrected chi connectivity index (χ0v) is 13.1. The average Bonchev–Trinajstić information content (AvgIpc) is 2.49. The Bertz CT molecular complexity index is 557. The number of rotatable bonds is 7. The van der Waals surface area contributed by atoms with Gasteiger partial charge >= 0.3 is 5.97 Å². The molecule has 120 valence electrons. The highest BCUT2D eigenvalue weighted by molar-refractivity contribution is 5.97. The molecule has 0 aromatic heterocycles. The fraction of sp³-hybridized carbons (Fsp3) is 0.438. The number of aliphatic carboxylic acids is 1. The zero-order chi connectivity index (χ0) is 16.7. The molecule has 6 heteroatoms. The van der Waals surface area contributed by atoms with Crippen LogP contribution in [0.3, 0.4) is 0 Å². The molecule has 2 N–H and O–H groups in total. The van der Waals surface area contributed by atoms with Crippen LogP contribution in [0.1, 0.15) is 36.7 Å². The topological polar surface area (TPSA) is 86.7 Å². The van der Waals surface area contributed by atoms with Crippen LogP contribution in [0.5, 0.6) is 0 Å². The summed E-state index contributed by atoms with van der Waals surface area (Å²) < 4.78 is 0. The Balaban J connectivity index is 3.00. The molecule has 0 aliphatic rings. The number of aryl methyl sites for hydroxylation is 1. The number of nitrogens with one attached hydrogen (secondary N) is 1. The standard InChI is InChI=1S/C16H22N2O4/c1-4-13-7-5-6-8-14(13)15(20)18(11(2)16(21)22)10-9-17-12(3)19/h5-8,11H,4,9-10H2,1-3H3,(H,17,19)(H,21,22). The number of benzene rings is 1. The summed E-state index contributed by atoms with van der Waals surface area (Å²) >= 11 is 0. The van der Waals surface area contributed by atoms with Crippen LogP contribution in [0.2, 0.25) is 0 Å². The maximum absolute atomic E-state index is 12.7. The van der Waals surface area contributed by atoms with E-state index in [0.717, 1.165) is 5.56 Å². The summed E-state index contributed by atoms with van der Waals surface area (Å²) in [5, 5.41) is 11.8. The highest BCUT2D eigenvalue weighted by atomic mass is 16.4. The van der Waals surface area contributed by atoms with Gasteiger partial charge in [-0.2, -0.15) is 0 Å². The van der Waals surface area contributed by atoms with Crippen molar-refractivity contribution in [3.8, 4) is 0 Å². The predicted molar refractivity (Wildman–Crippen MR) is 82.6 cm³/mol. The van der Waals surface area contributed by atoms with Gasteiger partial charge in [-0.1, -0.05) is 25.1 Å². The highest BCUT2D eigenvalue weighted by Crippen LogP contribution is 2.14. The van der Waals surface area contributed by atoms with Crippen molar-refractivity contribution in [1.82, 2.24) is 10.2 Å². The van der Waals surface area contributed by atoms with Gasteiger partial charge in [0.25, 0.3) is 5.91 Å². The fourth-order valence-electron chi connectivity index (χ4n) is 2.15. The summed E-state index contributed by atoms with van der Waals surface area (Å²) in [7, 11) is 0. The number of nitrogens with zero attached hydrogens (tertiary/aromatic N) is 1. The third kappa shape index (κ3) is 4.58. The second-order valence-electron chi connectivity index (χ2n) is 5.01. The molecule has 1 rings (SSSR count). The van der Waals surface area contributed by atoms with Gasteiger partial charge in [-0.25, -0.2) is 4.79 Å². The highest BCUT2D eigenvalue weighted by Gasteiger charge is 2.27. The summed E-state index contributed by atoms with van der Waals surface area (Å²) in [6.07, 6.45) is 0.683. The number of carbonyl (C=O) groups is 3. The molecular formula is C16H22N2O4. The van der Waals surface area contributed by atoms with E-state index in [-0.39, 0.29) is 24.9 Å². The zero-order valence-electron chi connectivity index (χ0n) is 13.1. The molecule has 1 aromatic carbocycles. The summed E-state index contributed by atoms with van der Waals surface area (Å²) in [5.41, 5.74) is 1.37. The molecule has 0 fully saturated rings. The van der Waals surface area contributed by atoms with Gasteiger partial charge < -0.3 is 15.3 Å². The monoisotopic (exact) mass is 306 g/mol. The van der Waals surface area contributed by atoms with Gasteiger partial charge in [0.15, 0.2) is 0 Å². The lowest BCUT2D eigenvalue weighted by Crippen LogP contribution is -2.47. The molecule has 1 unspecified atom stereocenters. The van der Waals surface area contributed by atoms with Gasteiger partial charge in [-0.15, -0.1) is 0 Å². The van der Waals surface area contributed by atoms with E-state index in [0.29, 0.717) is 12.0 Å². The van der Waals surface area contributed by atoms with E-state index in [9.17, 15) is 19.5 Å². The van der Waals surface area contributed by atoms with Crippen LogP contribution in [0.15, 0.2) is 24.3 Å². The normalized spacial score (nSPS) is 11.6. The van der Waals surface area contributed by atoms with E-state index in [1.54, 1.807) is 12.1 Å². The van der Waals surface area contributed by atoms with Crippen LogP contribution in [0.4, 0.5) is 0 Å². The molecule has 0 spiro atoms. The molecule has 1 aromatic rings. The van der Waals surface area contributed by atoms with Crippen molar-refractivity contribution in [2.75, 3.05) is 13.1 Å². The molecule has 2 amide bonds. The first-order valence-corrected chi connectivity index (χ1v) is 7.24. The Morgan fingerprint density at radius 3 is 2.45 bits per heavy atom. The van der Waals surface area contributed by atoms with Gasteiger partial charge in [-0.05, 0) is 25.0 Å². The Morgan fingerprint density at radius 1 is 1.27 bits per heavy atom. The van der Waals surface area contributed by atoms with Gasteiger partial charge in [0.2, 0.25) is 5.91 Å². The van der Waals surface area contributed by atoms with Crippen molar-refractivity contribution in [1.29, 1.82) is 0 Å². The van der Waals surface area contributed by atoms with Gasteiger partial charge in [-0.3, -0.25) is 9.59 Å². The number of carboxylic acids is 1. The lowest BCUT2D eigenvalue weighted by atomic mass is 10.0. The molecule has 0 radical (unpaired) electrons. The molecule has 22 heavy (non-hydrogen) atoms. The Kier molecular flexibility index (Phi) is 6.56. The van der Waals surface area contributed by atoms with Crippen LogP contribution in [0.25, 0.3) is 0 Å². The van der Waals surface area contributed by atoms with E-state index >= 15 is 0 Å². The lowest BCUT2D eigenvalue weighted by molar-refractivity contribution is -0.141. The van der Waals surface area contributed by atoms with Gasteiger partial charge in [0.05, 0.1) is 0 Å². The third-order valence-electron chi connectivity index (χ3n) is 3.44. The summed E-state index contributed by atoms with van der Waals surface area (Å²) in [6.45, 7) is 5.13. The van der Waals surface area contributed by atoms with E-state index in [4.69, 9.17) is 0 Å². The van der Waals surface area contributed by atoms with E-state index < -0.39 is 12.0 Å². The molecule has 0 heterocycles. The van der Waals surface area contributed by atoms with Crippen molar-refractivity contribution in [2.24, 2.45) is 0 Å². The van der Waals surface area contributed by atoms with Crippen LogP contribution in [0, 0.1) is 0 Å². The molecular weight excluding hydrogens is 284 g/mol. The maximum Gasteiger partial charge on any atom is 0.326 e.